The lowest BCUT2D eigenvalue weighted by atomic mass is 9.74. The number of carboxylic acid groups (broad SMARTS) is 1. The van der Waals surface area contributed by atoms with E-state index in [1.807, 2.05) is 11.8 Å². The van der Waals surface area contributed by atoms with E-state index < -0.39 is 10.0 Å². The van der Waals surface area contributed by atoms with Crippen LogP contribution in [-0.2, 0) is 19.6 Å². The van der Waals surface area contributed by atoms with E-state index in [-0.39, 0.29) is 29.0 Å². The average Bonchev–Trinajstić information content (AvgIpc) is 3.39. The van der Waals surface area contributed by atoms with Crippen molar-refractivity contribution >= 4 is 28.3 Å². The van der Waals surface area contributed by atoms with Crippen molar-refractivity contribution in [3.63, 3.8) is 0 Å². The molecule has 168 valence electrons. The summed E-state index contributed by atoms with van der Waals surface area (Å²) < 4.78 is 39.9. The topological polar surface area (TPSA) is 105 Å². The first-order chi connectivity index (χ1) is 14.4. The van der Waals surface area contributed by atoms with Gasteiger partial charge in [0.15, 0.2) is 0 Å². The number of methoxy groups -OCH3 is 1. The number of nitrogens with zero attached hydrogens (tertiary/aromatic N) is 1. The second-order valence-corrected chi connectivity index (χ2v) is 10.6. The molecule has 0 unspecified atom stereocenters. The Morgan fingerprint density at radius 3 is 2.93 bits per heavy atom. The molecular weight excluding hydrogens is 428 g/mol. The molecule has 1 spiro atoms. The summed E-state index contributed by atoms with van der Waals surface area (Å²) in [6.45, 7) is 3.28. The summed E-state index contributed by atoms with van der Waals surface area (Å²) in [4.78, 5) is 11.1. The van der Waals surface area contributed by atoms with E-state index in [0.717, 1.165) is 38.2 Å². The van der Waals surface area contributed by atoms with Crippen LogP contribution in [0.1, 0.15) is 12.8 Å². The van der Waals surface area contributed by atoms with Crippen LogP contribution in [0, 0.1) is 11.8 Å². The smallest absolute Gasteiger partial charge is 0.290 e. The fourth-order valence-electron chi connectivity index (χ4n) is 5.01. The number of nitrogens with one attached hydrogen (secondary N) is 1. The predicted octanol–water partition coefficient (Wildman–Crippen LogP) is 1.52. The van der Waals surface area contributed by atoms with Gasteiger partial charge in [-0.25, -0.2) is 13.1 Å². The van der Waals surface area contributed by atoms with Crippen molar-refractivity contribution in [2.24, 2.45) is 11.8 Å². The summed E-state index contributed by atoms with van der Waals surface area (Å²) in [6, 6.07) is 6.60. The van der Waals surface area contributed by atoms with E-state index >= 15 is 0 Å². The Morgan fingerprint density at radius 2 is 2.23 bits per heavy atom. The zero-order chi connectivity index (χ0) is 21.8. The molecule has 3 saturated heterocycles. The minimum Gasteiger partial charge on any atom is -0.497 e. The third kappa shape index (κ3) is 4.77. The molecule has 1 aromatic carbocycles. The molecule has 1 aromatic rings. The molecule has 2 bridgehead atoms. The number of fused-ring (bicyclic) bond motifs is 1. The highest BCUT2D eigenvalue weighted by Crippen LogP contribution is 2.54. The third-order valence-corrected chi connectivity index (χ3v) is 8.34. The third-order valence-electron chi connectivity index (χ3n) is 6.33. The minimum atomic E-state index is -3.56. The number of ether oxygens (including phenoxy) is 2. The Morgan fingerprint density at radius 1 is 1.47 bits per heavy atom. The van der Waals surface area contributed by atoms with Crippen molar-refractivity contribution < 1.29 is 27.8 Å². The summed E-state index contributed by atoms with van der Waals surface area (Å²) in [5.41, 5.74) is -0.0465. The zero-order valence-electron chi connectivity index (χ0n) is 17.3. The first-order valence-electron chi connectivity index (χ1n) is 10.00. The van der Waals surface area contributed by atoms with Crippen molar-refractivity contribution in [1.29, 1.82) is 0 Å². The molecule has 2 N–H and O–H groups in total. The van der Waals surface area contributed by atoms with Gasteiger partial charge in [0.25, 0.3) is 6.47 Å². The van der Waals surface area contributed by atoms with Gasteiger partial charge in [0.1, 0.15) is 5.75 Å². The van der Waals surface area contributed by atoms with E-state index in [0.29, 0.717) is 18.2 Å². The molecule has 30 heavy (non-hydrogen) atoms. The van der Waals surface area contributed by atoms with E-state index in [4.69, 9.17) is 19.4 Å². The van der Waals surface area contributed by atoms with Crippen molar-refractivity contribution in [2.45, 2.75) is 29.4 Å². The molecule has 4 rings (SSSR count). The number of carbonyl (C=O) groups is 1. The van der Waals surface area contributed by atoms with Gasteiger partial charge in [0.2, 0.25) is 10.0 Å². The summed E-state index contributed by atoms with van der Waals surface area (Å²) in [5.74, 6) is 2.34. The van der Waals surface area contributed by atoms with Gasteiger partial charge in [0, 0.05) is 49.8 Å². The first-order valence-corrected chi connectivity index (χ1v) is 12.9. The molecule has 4 atom stereocenters. The Kier molecular flexibility index (Phi) is 7.67. The van der Waals surface area contributed by atoms with Crippen LogP contribution in [0.25, 0.3) is 0 Å². The Balaban J connectivity index is 0.000000806. The van der Waals surface area contributed by atoms with Crippen LogP contribution in [-0.4, -0.2) is 81.9 Å². The van der Waals surface area contributed by atoms with Gasteiger partial charge in [-0.05, 0) is 31.2 Å². The quantitative estimate of drug-likeness (QED) is 0.565. The molecule has 10 heteroatoms. The monoisotopic (exact) mass is 458 g/mol. The Hall–Kier alpha value is -1.33. The average molecular weight is 459 g/mol. The minimum absolute atomic E-state index is 0.0465. The number of rotatable bonds is 8. The van der Waals surface area contributed by atoms with E-state index in [2.05, 4.69) is 15.9 Å². The summed E-state index contributed by atoms with van der Waals surface area (Å²) in [6.07, 6.45) is 4.47. The predicted molar refractivity (Wildman–Crippen MR) is 116 cm³/mol. The molecular formula is C20H30N2O6S2. The van der Waals surface area contributed by atoms with Crippen LogP contribution < -0.4 is 9.46 Å². The van der Waals surface area contributed by atoms with Crippen LogP contribution in [0.3, 0.4) is 0 Å². The highest BCUT2D eigenvalue weighted by molar-refractivity contribution is 7.98. The molecule has 3 aliphatic rings. The highest BCUT2D eigenvalue weighted by atomic mass is 32.2. The number of benzene rings is 1. The summed E-state index contributed by atoms with van der Waals surface area (Å²) >= 11 is 1.86. The fraction of sp³-hybridized carbons (Fsp3) is 0.650. The number of sulfonamides is 1. The molecule has 0 aromatic heterocycles. The van der Waals surface area contributed by atoms with Gasteiger partial charge in [-0.3, -0.25) is 9.69 Å². The second-order valence-electron chi connectivity index (χ2n) is 7.89. The van der Waals surface area contributed by atoms with Crippen LogP contribution in [0.5, 0.6) is 5.75 Å². The summed E-state index contributed by atoms with van der Waals surface area (Å²) in [7, 11) is -2.02. The molecule has 0 radical (unpaired) electrons. The van der Waals surface area contributed by atoms with Crippen LogP contribution >= 0.6 is 11.8 Å². The highest BCUT2D eigenvalue weighted by Gasteiger charge is 2.62. The van der Waals surface area contributed by atoms with Crippen LogP contribution in [0.4, 0.5) is 0 Å². The van der Waals surface area contributed by atoms with E-state index in [9.17, 15) is 8.42 Å². The van der Waals surface area contributed by atoms with Gasteiger partial charge in [-0.15, -0.1) is 0 Å². The normalized spacial score (nSPS) is 29.9. The molecule has 0 saturated carbocycles. The van der Waals surface area contributed by atoms with Crippen LogP contribution in [0.2, 0.25) is 0 Å². The molecule has 8 nitrogen and oxygen atoms in total. The van der Waals surface area contributed by atoms with E-state index in [1.54, 1.807) is 24.3 Å². The van der Waals surface area contributed by atoms with Crippen LogP contribution in [0.15, 0.2) is 29.2 Å². The fourth-order valence-corrected chi connectivity index (χ4v) is 6.56. The molecule has 0 aliphatic carbocycles. The number of likely N-dealkylation sites (tertiary alicyclic amines) is 1. The standard InChI is InChI=1S/C19H28N2O4S2.CH2O2/c1-24-14-4-3-5-15(10-14)27(22,23)20-11-16-17-12-21(8-9-26-2)13-19(17)7-6-18(16)25-19;2-1-3/h3-5,10,16-18,20H,6-9,11-13H2,1-2H3;1H,(H,2,3)/t16-,17+,18+,19+;/m0./s1. The SMILES string of the molecule is COc1cccc(S(=O)(=O)NC[C@H]2[C@H]3CN(CCSC)C[C@]34CC[C@H]2O4)c1.O=CO. The van der Waals surface area contributed by atoms with Gasteiger partial charge in [-0.1, -0.05) is 6.07 Å². The van der Waals surface area contributed by atoms with E-state index in [1.165, 1.54) is 7.11 Å². The lowest BCUT2D eigenvalue weighted by Gasteiger charge is -2.29. The number of hydrogen-bond acceptors (Lipinski definition) is 7. The number of hydrogen-bond donors (Lipinski definition) is 2. The molecule has 0 amide bonds. The summed E-state index contributed by atoms with van der Waals surface area (Å²) in [5, 5.41) is 6.89. The van der Waals surface area contributed by atoms with Gasteiger partial charge < -0.3 is 14.6 Å². The molecule has 3 fully saturated rings. The Bertz CT molecular complexity index is 836. The maximum Gasteiger partial charge on any atom is 0.290 e. The van der Waals surface area contributed by atoms with Crippen molar-refractivity contribution in [1.82, 2.24) is 9.62 Å². The Labute approximate surface area is 182 Å². The zero-order valence-corrected chi connectivity index (χ0v) is 19.0. The number of thioether (sulfide) groups is 1. The van der Waals surface area contributed by atoms with Gasteiger partial charge in [-0.2, -0.15) is 11.8 Å². The van der Waals surface area contributed by atoms with Crippen molar-refractivity contribution in [2.75, 3.05) is 45.3 Å². The first kappa shape index (κ1) is 23.3. The molecule has 3 aliphatic heterocycles. The second kappa shape index (κ2) is 9.86. The van der Waals surface area contributed by atoms with Crippen molar-refractivity contribution in [3.8, 4) is 5.75 Å². The largest absolute Gasteiger partial charge is 0.497 e. The maximum atomic E-state index is 12.7. The molecule has 3 heterocycles. The maximum absolute atomic E-state index is 12.7. The van der Waals surface area contributed by atoms with Gasteiger partial charge >= 0.3 is 0 Å². The van der Waals surface area contributed by atoms with Gasteiger partial charge in [0.05, 0.1) is 23.7 Å². The lowest BCUT2D eigenvalue weighted by molar-refractivity contribution is -0.122. The van der Waals surface area contributed by atoms with Crippen molar-refractivity contribution in [3.05, 3.63) is 24.3 Å². The lowest BCUT2D eigenvalue weighted by Crippen LogP contribution is -2.41.